The van der Waals surface area contributed by atoms with E-state index < -0.39 is 58.8 Å². The van der Waals surface area contributed by atoms with E-state index in [-0.39, 0.29) is 17.7 Å². The highest BCUT2D eigenvalue weighted by Crippen LogP contribution is 2.54. The van der Waals surface area contributed by atoms with Crippen LogP contribution in [0, 0.1) is 0 Å². The van der Waals surface area contributed by atoms with Gasteiger partial charge in [0.05, 0.1) is 11.1 Å². The molecule has 43 heavy (non-hydrogen) atoms. The molecule has 0 aliphatic carbocycles. The molecule has 2 aromatic carbocycles. The number of anilines is 1. The Labute approximate surface area is 245 Å². The Kier molecular flexibility index (Phi) is 10.6. The van der Waals surface area contributed by atoms with Gasteiger partial charge in [-0.15, -0.1) is 13.2 Å². The summed E-state index contributed by atoms with van der Waals surface area (Å²) < 4.78 is 183. The number of ether oxygens (including phenoxy) is 3. The van der Waals surface area contributed by atoms with Gasteiger partial charge in [0.2, 0.25) is 0 Å². The molecule has 0 aliphatic rings. The normalized spacial score (nSPS) is 13.5. The number of halogens is 14. The lowest BCUT2D eigenvalue weighted by atomic mass is 10.1. The zero-order valence-electron chi connectivity index (χ0n) is 20.6. The van der Waals surface area contributed by atoms with Crippen molar-refractivity contribution in [2.75, 3.05) is 11.9 Å². The second-order valence-electron chi connectivity index (χ2n) is 7.92. The fourth-order valence-corrected chi connectivity index (χ4v) is 3.58. The second kappa shape index (κ2) is 12.6. The van der Waals surface area contributed by atoms with Crippen LogP contribution in [0.1, 0.15) is 22.8 Å². The summed E-state index contributed by atoms with van der Waals surface area (Å²) in [6.07, 6.45) is -28.0. The number of amides is 1. The molecule has 0 saturated heterocycles. The lowest BCUT2D eigenvalue weighted by Gasteiger charge is -2.35. The quantitative estimate of drug-likeness (QED) is 0.181. The molecule has 21 heteroatoms. The monoisotopic (exact) mass is 728 g/mol. The zero-order chi connectivity index (χ0) is 33.2. The molecule has 0 fully saturated rings. The van der Waals surface area contributed by atoms with Crippen LogP contribution in [-0.2, 0) is 15.4 Å². The third-order valence-electron chi connectivity index (χ3n) is 4.80. The first-order valence-corrected chi connectivity index (χ1v) is 12.1. The molecule has 0 heterocycles. The van der Waals surface area contributed by atoms with Crippen LogP contribution in [0.2, 0.25) is 0 Å². The number of rotatable bonds is 11. The van der Waals surface area contributed by atoms with Crippen LogP contribution >= 0.6 is 28.1 Å². The molecule has 0 aromatic heterocycles. The van der Waals surface area contributed by atoms with Gasteiger partial charge in [0.25, 0.3) is 5.91 Å². The van der Waals surface area contributed by atoms with Crippen LogP contribution in [0.5, 0.6) is 5.75 Å². The molecule has 0 aliphatic heterocycles. The highest BCUT2D eigenvalue weighted by Gasteiger charge is 2.80. The van der Waals surface area contributed by atoms with E-state index in [1.807, 2.05) is 0 Å². The molecule has 1 amide bonds. The first kappa shape index (κ1) is 36.3. The maximum atomic E-state index is 14.5. The molecular weight excluding hydrogens is 715 g/mol. The first-order valence-electron chi connectivity index (χ1n) is 10.9. The molecule has 0 spiro atoms. The Balaban J connectivity index is 2.23. The van der Waals surface area contributed by atoms with Crippen LogP contribution in [0.4, 0.5) is 62.8 Å². The van der Waals surface area contributed by atoms with Crippen LogP contribution in [0.15, 0.2) is 46.9 Å². The SMILES string of the molecule is CCOc1ccc(C(=O)NC(=S)Nc2cccc(C(F)(F)C(F)(F)OC(F)(F)C(F)(F)C(F)(F)OC(F)(F)F)c2)cc1Br. The minimum atomic E-state index is -7.54. The third-order valence-corrected chi connectivity index (χ3v) is 5.62. The van der Waals surface area contributed by atoms with Gasteiger partial charge in [-0.3, -0.25) is 10.1 Å². The Hall–Kier alpha value is -2.91. The average molecular weight is 729 g/mol. The van der Waals surface area contributed by atoms with E-state index in [1.54, 1.807) is 11.7 Å². The van der Waals surface area contributed by atoms with Gasteiger partial charge in [0.1, 0.15) is 5.75 Å². The minimum absolute atomic E-state index is 0.000458. The van der Waals surface area contributed by atoms with Crippen molar-refractivity contribution >= 4 is 44.9 Å². The molecule has 0 radical (unpaired) electrons. The average Bonchev–Trinajstić information content (AvgIpc) is 2.83. The van der Waals surface area contributed by atoms with Crippen molar-refractivity contribution in [2.24, 2.45) is 0 Å². The smallest absolute Gasteiger partial charge is 0.493 e. The van der Waals surface area contributed by atoms with Gasteiger partial charge in [-0.05, 0) is 65.4 Å². The second-order valence-corrected chi connectivity index (χ2v) is 9.18. The summed E-state index contributed by atoms with van der Waals surface area (Å²) in [5.74, 6) is -14.0. The van der Waals surface area contributed by atoms with E-state index in [2.05, 4.69) is 31.3 Å². The number of carbonyl (C=O) groups excluding carboxylic acids is 1. The number of alkyl halides is 13. The minimum Gasteiger partial charge on any atom is -0.493 e. The summed E-state index contributed by atoms with van der Waals surface area (Å²) in [4.78, 5) is 12.4. The number of carbonyl (C=O) groups is 1. The summed E-state index contributed by atoms with van der Waals surface area (Å²) in [7, 11) is 0. The summed E-state index contributed by atoms with van der Waals surface area (Å²) in [6.45, 7) is 2.00. The molecule has 0 saturated carbocycles. The zero-order valence-corrected chi connectivity index (χ0v) is 23.0. The van der Waals surface area contributed by atoms with Crippen LogP contribution in [0.25, 0.3) is 0 Å². The summed E-state index contributed by atoms with van der Waals surface area (Å²) in [5.41, 5.74) is -2.57. The lowest BCUT2D eigenvalue weighted by Crippen LogP contribution is -2.61. The number of benzene rings is 2. The van der Waals surface area contributed by atoms with Gasteiger partial charge in [-0.1, -0.05) is 12.1 Å². The first-order chi connectivity index (χ1) is 19.4. The van der Waals surface area contributed by atoms with Crippen LogP contribution < -0.4 is 15.4 Å². The maximum Gasteiger partial charge on any atom is 0.527 e. The molecule has 0 atom stereocenters. The fourth-order valence-electron chi connectivity index (χ4n) is 2.88. The Morgan fingerprint density at radius 2 is 1.42 bits per heavy atom. The molecule has 0 bridgehead atoms. The van der Waals surface area contributed by atoms with E-state index in [0.29, 0.717) is 22.9 Å². The van der Waals surface area contributed by atoms with Gasteiger partial charge < -0.3 is 10.1 Å². The fraction of sp³-hybridized carbons (Fsp3) is 0.364. The summed E-state index contributed by atoms with van der Waals surface area (Å²) >= 11 is 7.98. The molecule has 2 rings (SSSR count). The van der Waals surface area contributed by atoms with Crippen molar-refractivity contribution in [2.45, 2.75) is 43.5 Å². The number of thiocarbonyl (C=S) groups is 1. The van der Waals surface area contributed by atoms with Gasteiger partial charge in [0, 0.05) is 16.8 Å². The number of nitrogens with one attached hydrogen (secondary N) is 2. The lowest BCUT2D eigenvalue weighted by molar-refractivity contribution is -0.535. The van der Waals surface area contributed by atoms with E-state index in [1.165, 1.54) is 18.2 Å². The highest BCUT2D eigenvalue weighted by molar-refractivity contribution is 9.10. The van der Waals surface area contributed by atoms with E-state index in [0.717, 1.165) is 6.07 Å². The van der Waals surface area contributed by atoms with Crippen molar-refractivity contribution in [3.05, 3.63) is 58.1 Å². The molecular formula is C22H14BrF13N2O4S. The van der Waals surface area contributed by atoms with E-state index >= 15 is 0 Å². The van der Waals surface area contributed by atoms with Crippen LogP contribution in [-0.4, -0.2) is 48.2 Å². The molecule has 6 nitrogen and oxygen atoms in total. The van der Waals surface area contributed by atoms with Gasteiger partial charge in [-0.2, -0.15) is 43.9 Å². The number of hydrogen-bond acceptors (Lipinski definition) is 5. The predicted molar refractivity (Wildman–Crippen MR) is 127 cm³/mol. The largest absolute Gasteiger partial charge is 0.527 e. The van der Waals surface area contributed by atoms with Crippen molar-refractivity contribution in [3.8, 4) is 5.75 Å². The topological polar surface area (TPSA) is 68.8 Å². The van der Waals surface area contributed by atoms with Gasteiger partial charge >= 0.3 is 36.5 Å². The van der Waals surface area contributed by atoms with E-state index in [4.69, 9.17) is 17.0 Å². The van der Waals surface area contributed by atoms with Gasteiger partial charge in [-0.25, -0.2) is 9.47 Å². The summed E-state index contributed by atoms with van der Waals surface area (Å²) in [6, 6.07) is 5.74. The van der Waals surface area contributed by atoms with Crippen LogP contribution in [0.3, 0.4) is 0 Å². The predicted octanol–water partition coefficient (Wildman–Crippen LogP) is 8.03. The molecule has 0 unspecified atom stereocenters. The molecule has 2 aromatic rings. The molecule has 240 valence electrons. The Bertz CT molecular complexity index is 1340. The standard InChI is InChI=1S/C22H14BrF13N2O4S/c1-2-40-14-7-6-10(8-13(14)23)15(39)38-16(43)37-12-5-3-4-11(9-12)17(24,25)19(28,29)41-20(30,31)18(26,27)21(32,33)42-22(34,35)36/h3-9H,2H2,1H3,(H2,37,38,39,43). The number of hydrogen-bond donors (Lipinski definition) is 2. The Morgan fingerprint density at radius 1 is 0.837 bits per heavy atom. The summed E-state index contributed by atoms with van der Waals surface area (Å²) in [5, 5.41) is 3.61. The van der Waals surface area contributed by atoms with Crippen molar-refractivity contribution in [1.82, 2.24) is 5.32 Å². The Morgan fingerprint density at radius 3 is 1.95 bits per heavy atom. The van der Waals surface area contributed by atoms with Gasteiger partial charge in [0.15, 0.2) is 5.11 Å². The van der Waals surface area contributed by atoms with Crippen molar-refractivity contribution in [3.63, 3.8) is 0 Å². The molecule has 2 N–H and O–H groups in total. The maximum absolute atomic E-state index is 14.5. The van der Waals surface area contributed by atoms with Crippen molar-refractivity contribution in [1.29, 1.82) is 0 Å². The third kappa shape index (κ3) is 8.38. The van der Waals surface area contributed by atoms with E-state index in [9.17, 15) is 61.9 Å². The highest BCUT2D eigenvalue weighted by atomic mass is 79.9. The van der Waals surface area contributed by atoms with Crippen molar-refractivity contribution < 1.29 is 76.1 Å².